The lowest BCUT2D eigenvalue weighted by Crippen LogP contribution is -2.51. The molecule has 0 saturated carbocycles. The molecule has 0 bridgehead atoms. The molecule has 38 heavy (non-hydrogen) atoms. The van der Waals surface area contributed by atoms with Gasteiger partial charge in [0, 0.05) is 17.8 Å². The van der Waals surface area contributed by atoms with Crippen molar-refractivity contribution in [3.05, 3.63) is 59.3 Å². The van der Waals surface area contributed by atoms with E-state index < -0.39 is 53.2 Å². The lowest BCUT2D eigenvalue weighted by molar-refractivity contribution is -0.149. The predicted octanol–water partition coefficient (Wildman–Crippen LogP) is 3.48. The molecule has 2 aromatic carbocycles. The number of piperidine rings is 1. The molecular formula is C24H19F3N4O7. The fourth-order valence-electron chi connectivity index (χ4n) is 4.13. The van der Waals surface area contributed by atoms with Crippen molar-refractivity contribution < 1.29 is 47.7 Å². The van der Waals surface area contributed by atoms with Gasteiger partial charge >= 0.3 is 24.1 Å². The van der Waals surface area contributed by atoms with E-state index in [0.717, 1.165) is 23.1 Å². The van der Waals surface area contributed by atoms with Crippen LogP contribution in [0.3, 0.4) is 0 Å². The Kier molecular flexibility index (Phi) is 6.89. The molecule has 1 aliphatic heterocycles. The minimum atomic E-state index is -4.64. The topological polar surface area (TPSA) is 170 Å². The minimum Gasteiger partial charge on any atom is -0.481 e. The number of anilines is 2. The zero-order chi connectivity index (χ0) is 27.8. The van der Waals surface area contributed by atoms with Gasteiger partial charge < -0.3 is 25.5 Å². The van der Waals surface area contributed by atoms with Gasteiger partial charge in [0.25, 0.3) is 5.91 Å². The van der Waals surface area contributed by atoms with E-state index in [-0.39, 0.29) is 47.5 Å². The largest absolute Gasteiger partial charge is 0.481 e. The molecule has 0 spiro atoms. The molecule has 11 nitrogen and oxygen atoms in total. The zero-order valence-corrected chi connectivity index (χ0v) is 19.3. The van der Waals surface area contributed by atoms with Crippen LogP contribution in [0.4, 0.5) is 24.7 Å². The Morgan fingerprint density at radius 3 is 2.18 bits per heavy atom. The number of hydrogen-bond acceptors (Lipinski definition) is 7. The van der Waals surface area contributed by atoms with Gasteiger partial charge in [-0.25, -0.2) is 19.6 Å². The summed E-state index contributed by atoms with van der Waals surface area (Å²) in [5.74, 6) is -5.78. The summed E-state index contributed by atoms with van der Waals surface area (Å²) in [4.78, 5) is 56.6. The number of aliphatic carboxylic acids is 2. The highest BCUT2D eigenvalue weighted by atomic mass is 19.4. The van der Waals surface area contributed by atoms with E-state index in [2.05, 4.69) is 15.3 Å². The van der Waals surface area contributed by atoms with Crippen molar-refractivity contribution in [3.8, 4) is 0 Å². The number of carbonyl (C=O) groups is 4. The lowest BCUT2D eigenvalue weighted by atomic mass is 9.90. The van der Waals surface area contributed by atoms with Crippen LogP contribution < -0.4 is 5.32 Å². The first-order chi connectivity index (χ1) is 17.8. The van der Waals surface area contributed by atoms with Gasteiger partial charge in [-0.2, -0.15) is 13.2 Å². The van der Waals surface area contributed by atoms with Crippen LogP contribution in [0.5, 0.6) is 0 Å². The molecule has 0 radical (unpaired) electrons. The van der Waals surface area contributed by atoms with E-state index in [1.54, 1.807) is 0 Å². The fourth-order valence-corrected chi connectivity index (χ4v) is 4.13. The van der Waals surface area contributed by atoms with Crippen LogP contribution in [0.1, 0.15) is 39.3 Å². The maximum atomic E-state index is 13.1. The van der Waals surface area contributed by atoms with E-state index in [1.807, 2.05) is 0 Å². The average Bonchev–Trinajstić information content (AvgIpc) is 2.86. The summed E-state index contributed by atoms with van der Waals surface area (Å²) in [6, 6.07) is 6.63. The standard InChI is InChI=1S/C24H19F3N4O7/c25-24(26,27)13-3-6-15-16(10-13)30-19(18(29-15)23(37)38)28-14-4-1-11(2-5-14)20(32)31-8-7-12(21(33)34)9-17(31)22(35)36/h1-6,10,12,17H,7-9H2,(H,28,30)(H,33,34)(H,35,36)(H,37,38). The van der Waals surface area contributed by atoms with E-state index in [9.17, 15) is 47.7 Å². The predicted molar refractivity (Wildman–Crippen MR) is 124 cm³/mol. The van der Waals surface area contributed by atoms with E-state index in [0.29, 0.717) is 0 Å². The number of carboxylic acid groups (broad SMARTS) is 3. The van der Waals surface area contributed by atoms with Gasteiger partial charge in [0.05, 0.1) is 22.5 Å². The Hall–Kier alpha value is -4.75. The Balaban J connectivity index is 1.59. The van der Waals surface area contributed by atoms with Gasteiger partial charge in [0.15, 0.2) is 11.5 Å². The van der Waals surface area contributed by atoms with Crippen molar-refractivity contribution in [2.75, 3.05) is 11.9 Å². The number of aromatic nitrogens is 2. The Morgan fingerprint density at radius 2 is 1.61 bits per heavy atom. The smallest absolute Gasteiger partial charge is 0.416 e. The van der Waals surface area contributed by atoms with Crippen LogP contribution in [0, 0.1) is 5.92 Å². The number of carbonyl (C=O) groups excluding carboxylic acids is 1. The summed E-state index contributed by atoms with van der Waals surface area (Å²) in [7, 11) is 0. The van der Waals surface area contributed by atoms with Crippen molar-refractivity contribution in [1.29, 1.82) is 0 Å². The van der Waals surface area contributed by atoms with Crippen LogP contribution in [-0.4, -0.2) is 66.6 Å². The number of benzene rings is 2. The summed E-state index contributed by atoms with van der Waals surface area (Å²) in [6.45, 7) is -0.0681. The third kappa shape index (κ3) is 5.33. The number of nitrogens with one attached hydrogen (secondary N) is 1. The number of carboxylic acids is 3. The second kappa shape index (κ2) is 9.95. The van der Waals surface area contributed by atoms with Gasteiger partial charge in [-0.3, -0.25) is 9.59 Å². The summed E-state index contributed by atoms with van der Waals surface area (Å²) < 4.78 is 39.3. The Labute approximate surface area is 211 Å². The molecule has 14 heteroatoms. The Bertz CT molecular complexity index is 1440. The summed E-state index contributed by atoms with van der Waals surface area (Å²) in [5, 5.41) is 30.9. The minimum absolute atomic E-state index is 0.0541. The quantitative estimate of drug-likeness (QED) is 0.369. The third-order valence-electron chi connectivity index (χ3n) is 6.09. The van der Waals surface area contributed by atoms with Crippen molar-refractivity contribution in [2.24, 2.45) is 5.92 Å². The maximum Gasteiger partial charge on any atom is 0.416 e. The highest BCUT2D eigenvalue weighted by Crippen LogP contribution is 2.32. The molecule has 1 fully saturated rings. The molecule has 1 saturated heterocycles. The summed E-state index contributed by atoms with van der Waals surface area (Å²) >= 11 is 0. The number of fused-ring (bicyclic) bond motifs is 1. The number of nitrogens with zero attached hydrogens (tertiary/aromatic N) is 3. The number of halogens is 3. The number of amides is 1. The van der Waals surface area contributed by atoms with Crippen molar-refractivity contribution in [3.63, 3.8) is 0 Å². The van der Waals surface area contributed by atoms with Gasteiger partial charge in [-0.15, -0.1) is 0 Å². The Morgan fingerprint density at radius 1 is 0.921 bits per heavy atom. The molecule has 1 aliphatic rings. The fraction of sp³-hybridized carbons (Fsp3) is 0.250. The average molecular weight is 532 g/mol. The highest BCUT2D eigenvalue weighted by Gasteiger charge is 2.39. The van der Waals surface area contributed by atoms with Gasteiger partial charge in [-0.1, -0.05) is 0 Å². The van der Waals surface area contributed by atoms with Crippen LogP contribution in [-0.2, 0) is 15.8 Å². The second-order valence-corrected chi connectivity index (χ2v) is 8.54. The van der Waals surface area contributed by atoms with Crippen LogP contribution >= 0.6 is 0 Å². The van der Waals surface area contributed by atoms with Gasteiger partial charge in [0.2, 0.25) is 0 Å². The summed E-state index contributed by atoms with van der Waals surface area (Å²) in [5.41, 5.74) is -1.45. The molecule has 4 rings (SSSR count). The van der Waals surface area contributed by atoms with Gasteiger partial charge in [-0.05, 0) is 55.3 Å². The molecule has 198 valence electrons. The van der Waals surface area contributed by atoms with E-state index in [1.165, 1.54) is 24.3 Å². The summed E-state index contributed by atoms with van der Waals surface area (Å²) in [6.07, 6.45) is -4.77. The van der Waals surface area contributed by atoms with Crippen molar-refractivity contribution in [1.82, 2.24) is 14.9 Å². The molecule has 1 aromatic heterocycles. The third-order valence-corrected chi connectivity index (χ3v) is 6.09. The first kappa shape index (κ1) is 26.3. The van der Waals surface area contributed by atoms with Crippen molar-refractivity contribution >= 4 is 46.4 Å². The van der Waals surface area contributed by atoms with Gasteiger partial charge in [0.1, 0.15) is 6.04 Å². The number of rotatable bonds is 6. The number of likely N-dealkylation sites (tertiary alicyclic amines) is 1. The van der Waals surface area contributed by atoms with Crippen LogP contribution in [0.25, 0.3) is 11.0 Å². The normalized spacial score (nSPS) is 17.7. The van der Waals surface area contributed by atoms with E-state index >= 15 is 0 Å². The van der Waals surface area contributed by atoms with Crippen LogP contribution in [0.2, 0.25) is 0 Å². The number of aromatic carboxylic acids is 1. The molecule has 4 N–H and O–H groups in total. The molecule has 2 heterocycles. The highest BCUT2D eigenvalue weighted by molar-refractivity contribution is 5.98. The maximum absolute atomic E-state index is 13.1. The molecule has 2 unspecified atom stereocenters. The monoisotopic (exact) mass is 532 g/mol. The lowest BCUT2D eigenvalue weighted by Gasteiger charge is -2.35. The van der Waals surface area contributed by atoms with Crippen molar-refractivity contribution in [2.45, 2.75) is 25.1 Å². The SMILES string of the molecule is O=C(O)c1nc2ccc(C(F)(F)F)cc2nc1Nc1ccc(C(=O)N2CCC(C(=O)O)CC2C(=O)O)cc1. The first-order valence-electron chi connectivity index (χ1n) is 11.1. The molecule has 1 amide bonds. The number of alkyl halides is 3. The van der Waals surface area contributed by atoms with Crippen LogP contribution in [0.15, 0.2) is 42.5 Å². The molecule has 2 atom stereocenters. The molecule has 0 aliphatic carbocycles. The first-order valence-corrected chi connectivity index (χ1v) is 11.1. The van der Waals surface area contributed by atoms with E-state index in [4.69, 9.17) is 0 Å². The number of hydrogen-bond donors (Lipinski definition) is 4. The molecular weight excluding hydrogens is 513 g/mol. The molecule has 3 aromatic rings. The second-order valence-electron chi connectivity index (χ2n) is 8.54. The zero-order valence-electron chi connectivity index (χ0n) is 19.3.